The molecule has 0 radical (unpaired) electrons. The number of halogens is 4. The van der Waals surface area contributed by atoms with E-state index in [0.717, 1.165) is 0 Å². The van der Waals surface area contributed by atoms with Crippen LogP contribution < -0.4 is 5.06 Å². The molecule has 112 valence electrons. The van der Waals surface area contributed by atoms with Crippen molar-refractivity contribution in [2.24, 2.45) is 0 Å². The van der Waals surface area contributed by atoms with Gasteiger partial charge >= 0.3 is 12.1 Å². The first-order chi connectivity index (χ1) is 9.14. The van der Waals surface area contributed by atoms with Crippen molar-refractivity contribution in [3.63, 3.8) is 0 Å². The SMILES string of the molecule is CC(C)OC(I)c1ccccc1N(O)C(=O)C(F)(F)F. The first-order valence-corrected chi connectivity index (χ1v) is 6.87. The Morgan fingerprint density at radius 3 is 2.40 bits per heavy atom. The van der Waals surface area contributed by atoms with Gasteiger partial charge in [0.15, 0.2) is 0 Å². The third-order valence-corrected chi connectivity index (χ3v) is 3.20. The molecule has 8 heteroatoms. The van der Waals surface area contributed by atoms with E-state index in [4.69, 9.17) is 4.74 Å². The molecule has 0 fully saturated rings. The fraction of sp³-hybridized carbons (Fsp3) is 0.417. The maximum absolute atomic E-state index is 12.3. The van der Waals surface area contributed by atoms with E-state index in [1.165, 1.54) is 18.2 Å². The number of anilines is 1. The van der Waals surface area contributed by atoms with Crippen LogP contribution in [0.25, 0.3) is 0 Å². The summed E-state index contributed by atoms with van der Waals surface area (Å²) in [4.78, 5) is 11.1. The molecule has 1 aromatic rings. The predicted molar refractivity (Wildman–Crippen MR) is 74.8 cm³/mol. The monoisotopic (exact) mass is 403 g/mol. The molecule has 0 spiro atoms. The molecule has 1 rings (SSSR count). The van der Waals surface area contributed by atoms with Gasteiger partial charge in [-0.1, -0.05) is 18.2 Å². The van der Waals surface area contributed by atoms with Crippen molar-refractivity contribution in [1.29, 1.82) is 0 Å². The van der Waals surface area contributed by atoms with Crippen LogP contribution in [0.15, 0.2) is 24.3 Å². The number of amides is 1. The summed E-state index contributed by atoms with van der Waals surface area (Å²) in [5.74, 6) is -2.35. The van der Waals surface area contributed by atoms with Crippen LogP contribution in [-0.4, -0.2) is 23.4 Å². The van der Waals surface area contributed by atoms with Crippen molar-refractivity contribution in [1.82, 2.24) is 0 Å². The van der Waals surface area contributed by atoms with Crippen LogP contribution in [0.1, 0.15) is 23.5 Å². The van der Waals surface area contributed by atoms with Crippen LogP contribution in [0.2, 0.25) is 0 Å². The molecule has 0 heterocycles. The molecule has 0 aliphatic rings. The summed E-state index contributed by atoms with van der Waals surface area (Å²) in [6, 6.07) is 5.71. The number of hydrogen-bond donors (Lipinski definition) is 1. The third kappa shape index (κ3) is 4.32. The number of rotatable bonds is 4. The Kier molecular flexibility index (Phi) is 5.78. The van der Waals surface area contributed by atoms with E-state index in [2.05, 4.69) is 0 Å². The number of nitrogens with zero attached hydrogens (tertiary/aromatic N) is 1. The molecular formula is C12H13F3INO3. The Labute approximate surface area is 127 Å². The molecule has 0 aliphatic carbocycles. The van der Waals surface area contributed by atoms with Crippen LogP contribution in [0.5, 0.6) is 0 Å². The maximum atomic E-state index is 12.3. The van der Waals surface area contributed by atoms with Gasteiger partial charge in [0.1, 0.15) is 4.11 Å². The van der Waals surface area contributed by atoms with Crippen LogP contribution in [0.3, 0.4) is 0 Å². The van der Waals surface area contributed by atoms with E-state index in [9.17, 15) is 23.2 Å². The van der Waals surface area contributed by atoms with Gasteiger partial charge < -0.3 is 4.74 Å². The zero-order chi connectivity index (χ0) is 15.5. The number of alkyl halides is 4. The topological polar surface area (TPSA) is 49.8 Å². The lowest BCUT2D eigenvalue weighted by Gasteiger charge is -2.23. The summed E-state index contributed by atoms with van der Waals surface area (Å²) in [5, 5.41) is 9.10. The number of para-hydroxylation sites is 1. The lowest BCUT2D eigenvalue weighted by Crippen LogP contribution is -2.39. The van der Waals surface area contributed by atoms with Crippen molar-refractivity contribution < 1.29 is 27.9 Å². The summed E-state index contributed by atoms with van der Waals surface area (Å²) < 4.78 is 41.9. The smallest absolute Gasteiger partial charge is 0.360 e. The molecule has 0 saturated carbocycles. The Hall–Kier alpha value is -0.870. The van der Waals surface area contributed by atoms with Gasteiger partial charge in [0.05, 0.1) is 11.8 Å². The van der Waals surface area contributed by atoms with E-state index in [0.29, 0.717) is 0 Å². The highest BCUT2D eigenvalue weighted by molar-refractivity contribution is 14.1. The summed E-state index contributed by atoms with van der Waals surface area (Å²) in [5.41, 5.74) is 0.0248. The van der Waals surface area contributed by atoms with Crippen molar-refractivity contribution in [2.75, 3.05) is 5.06 Å². The number of hydroxylamine groups is 1. The minimum Gasteiger partial charge on any atom is -0.360 e. The van der Waals surface area contributed by atoms with Gasteiger partial charge in [-0.05, 0) is 42.5 Å². The van der Waals surface area contributed by atoms with E-state index < -0.39 is 21.3 Å². The normalized spacial score (nSPS) is 13.4. The van der Waals surface area contributed by atoms with Gasteiger partial charge in [-0.2, -0.15) is 18.2 Å². The molecule has 0 aromatic heterocycles. The van der Waals surface area contributed by atoms with Crippen LogP contribution in [-0.2, 0) is 9.53 Å². The summed E-state index contributed by atoms with van der Waals surface area (Å²) in [7, 11) is 0. The minimum atomic E-state index is -5.15. The third-order valence-electron chi connectivity index (χ3n) is 2.24. The quantitative estimate of drug-likeness (QED) is 0.360. The van der Waals surface area contributed by atoms with Crippen LogP contribution >= 0.6 is 22.6 Å². The highest BCUT2D eigenvalue weighted by Gasteiger charge is 2.43. The highest BCUT2D eigenvalue weighted by Crippen LogP contribution is 2.34. The number of hydrogen-bond acceptors (Lipinski definition) is 3. The van der Waals surface area contributed by atoms with E-state index in [-0.39, 0.29) is 17.4 Å². The fourth-order valence-corrected chi connectivity index (χ4v) is 2.53. The number of benzene rings is 1. The maximum Gasteiger partial charge on any atom is 0.473 e. The summed E-state index contributed by atoms with van der Waals surface area (Å²) >= 11 is 1.87. The van der Waals surface area contributed by atoms with Gasteiger partial charge in [-0.25, -0.2) is 0 Å². The number of ether oxygens (including phenoxy) is 1. The molecule has 1 N–H and O–H groups in total. The van der Waals surface area contributed by atoms with Crippen molar-refractivity contribution in [3.8, 4) is 0 Å². The molecular weight excluding hydrogens is 390 g/mol. The minimum absolute atomic E-state index is 0.157. The summed E-state index contributed by atoms with van der Waals surface area (Å²) in [6.45, 7) is 3.54. The average Bonchev–Trinajstić information content (AvgIpc) is 2.35. The zero-order valence-electron chi connectivity index (χ0n) is 10.7. The summed E-state index contributed by atoms with van der Waals surface area (Å²) in [6.07, 6.45) is -5.31. The van der Waals surface area contributed by atoms with Gasteiger partial charge in [-0.15, -0.1) is 0 Å². The average molecular weight is 403 g/mol. The van der Waals surface area contributed by atoms with E-state index in [1.54, 1.807) is 19.9 Å². The van der Waals surface area contributed by atoms with Crippen molar-refractivity contribution in [2.45, 2.75) is 30.2 Å². The first-order valence-electron chi connectivity index (χ1n) is 5.63. The van der Waals surface area contributed by atoms with E-state index in [1.807, 2.05) is 22.6 Å². The van der Waals surface area contributed by atoms with E-state index >= 15 is 0 Å². The van der Waals surface area contributed by atoms with Crippen LogP contribution in [0.4, 0.5) is 18.9 Å². The lowest BCUT2D eigenvalue weighted by atomic mass is 10.2. The molecule has 1 atom stereocenters. The lowest BCUT2D eigenvalue weighted by molar-refractivity contribution is -0.175. The largest absolute Gasteiger partial charge is 0.473 e. The zero-order valence-corrected chi connectivity index (χ0v) is 12.8. The molecule has 4 nitrogen and oxygen atoms in total. The number of carbonyl (C=O) groups is 1. The Bertz CT molecular complexity index is 479. The Balaban J connectivity index is 3.10. The standard InChI is InChI=1S/C12H13F3INO3/c1-7(2)20-10(16)8-5-3-4-6-9(8)17(19)11(18)12(13,14)15/h3-7,10,19H,1-2H3. The van der Waals surface area contributed by atoms with Crippen molar-refractivity contribution >= 4 is 34.2 Å². The fourth-order valence-electron chi connectivity index (χ4n) is 1.41. The van der Waals surface area contributed by atoms with Gasteiger partial charge in [0.2, 0.25) is 0 Å². The molecule has 1 amide bonds. The first kappa shape index (κ1) is 17.2. The van der Waals surface area contributed by atoms with Gasteiger partial charge in [0, 0.05) is 5.56 Å². The second-order valence-electron chi connectivity index (χ2n) is 4.17. The Morgan fingerprint density at radius 1 is 1.35 bits per heavy atom. The Morgan fingerprint density at radius 2 is 1.90 bits per heavy atom. The van der Waals surface area contributed by atoms with Gasteiger partial charge in [0.25, 0.3) is 0 Å². The highest BCUT2D eigenvalue weighted by atomic mass is 127. The second-order valence-corrected chi connectivity index (χ2v) is 5.31. The molecule has 0 saturated heterocycles. The predicted octanol–water partition coefficient (Wildman–Crippen LogP) is 3.83. The molecule has 0 bridgehead atoms. The molecule has 0 aliphatic heterocycles. The molecule has 1 unspecified atom stereocenters. The second kappa shape index (κ2) is 6.72. The van der Waals surface area contributed by atoms with Gasteiger partial charge in [-0.3, -0.25) is 10.0 Å². The van der Waals surface area contributed by atoms with Crippen LogP contribution in [0, 0.1) is 0 Å². The number of carbonyl (C=O) groups excluding carboxylic acids is 1. The molecule has 20 heavy (non-hydrogen) atoms. The van der Waals surface area contributed by atoms with Crippen molar-refractivity contribution in [3.05, 3.63) is 29.8 Å². The molecule has 1 aromatic carbocycles.